The summed E-state index contributed by atoms with van der Waals surface area (Å²) >= 11 is 0. The minimum absolute atomic E-state index is 0.0136. The van der Waals surface area contributed by atoms with Gasteiger partial charge in [0, 0.05) is 19.3 Å². The number of alkyl halides is 6. The van der Waals surface area contributed by atoms with Gasteiger partial charge < -0.3 is 36.0 Å². The third-order valence-corrected chi connectivity index (χ3v) is 6.86. The molecule has 3 amide bonds. The third-order valence-electron chi connectivity index (χ3n) is 6.86. The number of carbonyl (C=O) groups excluding carboxylic acids is 3. The molecule has 1 aromatic carbocycles. The van der Waals surface area contributed by atoms with E-state index < -0.39 is 47.8 Å². The van der Waals surface area contributed by atoms with Gasteiger partial charge >= 0.3 is 24.3 Å². The van der Waals surface area contributed by atoms with Crippen LogP contribution < -0.4 is 16.4 Å². The van der Waals surface area contributed by atoms with Crippen molar-refractivity contribution in [1.29, 1.82) is 0 Å². The van der Waals surface area contributed by atoms with Gasteiger partial charge in [0.15, 0.2) is 5.82 Å². The van der Waals surface area contributed by atoms with E-state index in [0.29, 0.717) is 24.6 Å². The molecule has 1 unspecified atom stereocenters. The Labute approximate surface area is 277 Å². The summed E-state index contributed by atoms with van der Waals surface area (Å²) in [4.78, 5) is 62.9. The highest BCUT2D eigenvalue weighted by molar-refractivity contribution is 5.98. The number of nitrogens with zero attached hydrogens (tertiary/aromatic N) is 3. The van der Waals surface area contributed by atoms with Gasteiger partial charge in [-0.25, -0.2) is 14.6 Å². The molecule has 0 radical (unpaired) electrons. The summed E-state index contributed by atoms with van der Waals surface area (Å²) in [7, 11) is 0. The van der Waals surface area contributed by atoms with Gasteiger partial charge in [-0.2, -0.15) is 26.3 Å². The lowest BCUT2D eigenvalue weighted by atomic mass is 9.97. The van der Waals surface area contributed by atoms with Crippen LogP contribution in [0.15, 0.2) is 42.9 Å². The van der Waals surface area contributed by atoms with Crippen LogP contribution in [0, 0.1) is 5.92 Å². The highest BCUT2D eigenvalue weighted by Gasteiger charge is 2.39. The zero-order valence-corrected chi connectivity index (χ0v) is 27.1. The smallest absolute Gasteiger partial charge is 0.475 e. The van der Waals surface area contributed by atoms with E-state index >= 15 is 0 Å². The molecular weight excluding hydrogens is 670 g/mol. The number of benzene rings is 1. The quantitative estimate of drug-likeness (QED) is 0.239. The molecule has 2 heterocycles. The summed E-state index contributed by atoms with van der Waals surface area (Å²) in [6.07, 6.45) is -3.79. The topological polar surface area (TPSA) is 197 Å². The van der Waals surface area contributed by atoms with Crippen molar-refractivity contribution < 1.29 is 60.5 Å². The van der Waals surface area contributed by atoms with Crippen LogP contribution in [0.4, 0.5) is 32.2 Å². The lowest BCUT2D eigenvalue weighted by molar-refractivity contribution is -0.193. The van der Waals surface area contributed by atoms with Gasteiger partial charge in [-0.05, 0) is 44.6 Å². The number of carboxylic acid groups (broad SMARTS) is 2. The Morgan fingerprint density at radius 3 is 1.88 bits per heavy atom. The number of piperidine rings is 1. The molecule has 0 aliphatic carbocycles. The van der Waals surface area contributed by atoms with E-state index in [2.05, 4.69) is 22.5 Å². The van der Waals surface area contributed by atoms with Crippen molar-refractivity contribution in [2.24, 2.45) is 11.7 Å². The molecule has 274 valence electrons. The summed E-state index contributed by atoms with van der Waals surface area (Å²) in [5, 5.41) is 19.8. The zero-order chi connectivity index (χ0) is 37.7. The number of rotatable bonds is 9. The van der Waals surface area contributed by atoms with Crippen molar-refractivity contribution in [2.45, 2.75) is 83.4 Å². The first-order chi connectivity index (χ1) is 22.5. The maximum absolute atomic E-state index is 13.6. The average Bonchev–Trinajstić information content (AvgIpc) is 3.44. The van der Waals surface area contributed by atoms with E-state index in [1.807, 2.05) is 42.2 Å². The molecule has 13 nitrogen and oxygen atoms in total. The van der Waals surface area contributed by atoms with E-state index in [9.17, 15) is 40.7 Å². The van der Waals surface area contributed by atoms with Crippen molar-refractivity contribution in [3.05, 3.63) is 48.4 Å². The molecule has 49 heavy (non-hydrogen) atoms. The number of nitrogens with one attached hydrogen (secondary N) is 2. The van der Waals surface area contributed by atoms with Crippen LogP contribution >= 0.6 is 0 Å². The maximum Gasteiger partial charge on any atom is 0.490 e. The monoisotopic (exact) mass is 710 g/mol. The molecule has 0 saturated carbocycles. The molecule has 6 N–H and O–H groups in total. The average molecular weight is 711 g/mol. The molecule has 1 saturated heterocycles. The first-order valence-electron chi connectivity index (χ1n) is 14.9. The molecular formula is C30H40F6N6O7. The van der Waals surface area contributed by atoms with Crippen LogP contribution in [0.25, 0.3) is 0 Å². The highest BCUT2D eigenvalue weighted by Crippen LogP contribution is 2.26. The molecule has 0 spiro atoms. The maximum atomic E-state index is 13.6. The Hall–Kier alpha value is -4.68. The number of hydrogen-bond donors (Lipinski definition) is 5. The van der Waals surface area contributed by atoms with Gasteiger partial charge in [0.05, 0.1) is 11.9 Å². The molecule has 19 heteroatoms. The fourth-order valence-electron chi connectivity index (χ4n) is 4.14. The fraction of sp³-hybridized carbons (Fsp3) is 0.533. The van der Waals surface area contributed by atoms with Gasteiger partial charge in [0.25, 0.3) is 0 Å². The van der Waals surface area contributed by atoms with E-state index in [1.54, 1.807) is 30.9 Å². The lowest BCUT2D eigenvalue weighted by Crippen LogP contribution is -2.54. The predicted molar refractivity (Wildman–Crippen MR) is 163 cm³/mol. The van der Waals surface area contributed by atoms with Crippen LogP contribution in [0.3, 0.4) is 0 Å². The number of likely N-dealkylation sites (tertiary alicyclic amines) is 1. The molecule has 3 rings (SSSR count). The van der Waals surface area contributed by atoms with Gasteiger partial charge in [0.2, 0.25) is 17.7 Å². The molecule has 0 bridgehead atoms. The summed E-state index contributed by atoms with van der Waals surface area (Å²) in [5.41, 5.74) is 5.63. The first-order valence-corrected chi connectivity index (χ1v) is 14.9. The van der Waals surface area contributed by atoms with E-state index in [-0.39, 0.29) is 11.8 Å². The number of carbonyl (C=O) groups is 5. The fourth-order valence-corrected chi connectivity index (χ4v) is 4.14. The van der Waals surface area contributed by atoms with Crippen molar-refractivity contribution in [3.63, 3.8) is 0 Å². The van der Waals surface area contributed by atoms with Gasteiger partial charge in [-0.3, -0.25) is 14.4 Å². The Morgan fingerprint density at radius 1 is 0.959 bits per heavy atom. The first kappa shape index (κ1) is 42.3. The van der Waals surface area contributed by atoms with Crippen molar-refractivity contribution in [1.82, 2.24) is 19.8 Å². The van der Waals surface area contributed by atoms with Gasteiger partial charge in [0.1, 0.15) is 12.1 Å². The number of aromatic nitrogens is 2. The second kappa shape index (κ2) is 18.2. The van der Waals surface area contributed by atoms with Crippen molar-refractivity contribution in [2.75, 3.05) is 18.4 Å². The van der Waals surface area contributed by atoms with E-state index in [4.69, 9.17) is 25.5 Å². The molecule has 1 aromatic heterocycles. The number of aliphatic carboxylic acids is 2. The summed E-state index contributed by atoms with van der Waals surface area (Å²) < 4.78 is 65.2. The van der Waals surface area contributed by atoms with E-state index in [0.717, 1.165) is 31.5 Å². The normalized spacial score (nSPS) is 15.0. The lowest BCUT2D eigenvalue weighted by Gasteiger charge is -2.33. The van der Waals surface area contributed by atoms with E-state index in [1.165, 1.54) is 0 Å². The van der Waals surface area contributed by atoms with Gasteiger partial charge in [-0.15, -0.1) is 0 Å². The Morgan fingerprint density at radius 2 is 1.45 bits per heavy atom. The van der Waals surface area contributed by atoms with Crippen LogP contribution in [-0.2, 0) is 24.0 Å². The number of amides is 3. The minimum atomic E-state index is -5.08. The van der Waals surface area contributed by atoms with Crippen LogP contribution in [0.2, 0.25) is 0 Å². The number of hydrogen-bond acceptors (Lipinski definition) is 7. The number of halogens is 6. The molecule has 1 aliphatic rings. The second-order valence-corrected chi connectivity index (χ2v) is 11.7. The molecule has 2 aromatic rings. The Bertz CT molecular complexity index is 1380. The molecule has 1 fully saturated rings. The van der Waals surface area contributed by atoms with Crippen LogP contribution in [0.1, 0.15) is 65.0 Å². The Balaban J connectivity index is 0.000000717. The SMILES string of the molecule is CCC[C@@H](NC(=O)C(C)(C)N)C(=O)Nc1cn(C(C(=O)N2CCC(C)CC2)c2ccccc2)cn1.O=C(O)C(F)(F)F.O=C(O)C(F)(F)F. The van der Waals surface area contributed by atoms with Crippen molar-refractivity contribution >= 4 is 35.5 Å². The van der Waals surface area contributed by atoms with Crippen molar-refractivity contribution in [3.8, 4) is 0 Å². The number of nitrogens with two attached hydrogens (primary N) is 1. The van der Waals surface area contributed by atoms with Gasteiger partial charge in [-0.1, -0.05) is 50.6 Å². The van der Waals surface area contributed by atoms with Crippen LogP contribution in [-0.4, -0.2) is 91.3 Å². The number of imidazole rings is 1. The third kappa shape index (κ3) is 14.5. The second-order valence-electron chi connectivity index (χ2n) is 11.7. The minimum Gasteiger partial charge on any atom is -0.475 e. The zero-order valence-electron chi connectivity index (χ0n) is 27.1. The summed E-state index contributed by atoms with van der Waals surface area (Å²) in [6.45, 7) is 8.80. The standard InChI is InChI=1S/C26H38N6O3.2C2HF3O2/c1-5-9-20(29-25(35)26(3,4)27)23(33)30-21-16-32(17-28-21)22(19-10-7-6-8-11-19)24(34)31-14-12-18(2)13-15-31;2*3-2(4,5)1(6)7/h6-8,10-11,16-18,20,22H,5,9,12-15,27H2,1-4H3,(H,29,35)(H,30,33);2*(H,6,7)/t20-,22?;;/m1../s1. The largest absolute Gasteiger partial charge is 0.490 e. The number of anilines is 1. The predicted octanol–water partition coefficient (Wildman–Crippen LogP) is 3.96. The number of carboxylic acids is 2. The van der Waals surface area contributed by atoms with Crippen LogP contribution in [0.5, 0.6) is 0 Å². The summed E-state index contributed by atoms with van der Waals surface area (Å²) in [6, 6.07) is 8.27. The molecule has 1 aliphatic heterocycles. The summed E-state index contributed by atoms with van der Waals surface area (Å²) in [5.74, 6) is -5.34. The Kier molecular flexibility index (Phi) is 15.7. The highest BCUT2D eigenvalue weighted by atomic mass is 19.4. The molecule has 2 atom stereocenters.